The molecule has 0 radical (unpaired) electrons. The highest BCUT2D eigenvalue weighted by Gasteiger charge is 2.18. The molecule has 0 atom stereocenters. The number of aryl methyl sites for hydroxylation is 1. The van der Waals surface area contributed by atoms with Crippen LogP contribution >= 0.6 is 11.3 Å². The number of nitriles is 1. The zero-order chi connectivity index (χ0) is 17.6. The zero-order valence-corrected chi connectivity index (χ0v) is 14.4. The molecule has 2 aromatic carbocycles. The van der Waals surface area contributed by atoms with Crippen molar-refractivity contribution in [2.75, 3.05) is 4.90 Å². The van der Waals surface area contributed by atoms with E-state index < -0.39 is 0 Å². The maximum absolute atomic E-state index is 12.8. The molecule has 1 amide bonds. The molecule has 5 heteroatoms. The maximum atomic E-state index is 12.8. The Balaban J connectivity index is 1.89. The first-order valence-electron chi connectivity index (χ1n) is 7.67. The van der Waals surface area contributed by atoms with Gasteiger partial charge in [0.05, 0.1) is 23.0 Å². The summed E-state index contributed by atoms with van der Waals surface area (Å²) in [5.74, 6) is -0.176. The smallest absolute Gasteiger partial charge is 0.257 e. The Morgan fingerprint density at radius 3 is 2.48 bits per heavy atom. The number of anilines is 2. The molecule has 0 unspecified atom stereocenters. The van der Waals surface area contributed by atoms with Gasteiger partial charge in [-0.15, -0.1) is 11.3 Å². The van der Waals surface area contributed by atoms with Crippen molar-refractivity contribution in [3.8, 4) is 6.07 Å². The summed E-state index contributed by atoms with van der Waals surface area (Å²) in [5, 5.41) is 11.4. The number of amides is 1. The lowest BCUT2D eigenvalue weighted by molar-refractivity contribution is -0.113. The van der Waals surface area contributed by atoms with Gasteiger partial charge in [0.15, 0.2) is 5.13 Å². The summed E-state index contributed by atoms with van der Waals surface area (Å²) in [6.07, 6.45) is 3.25. The summed E-state index contributed by atoms with van der Waals surface area (Å²) in [7, 11) is 0. The number of aromatic nitrogens is 1. The number of benzene rings is 2. The lowest BCUT2D eigenvalue weighted by Gasteiger charge is -2.18. The molecule has 0 spiro atoms. The monoisotopic (exact) mass is 345 g/mol. The van der Waals surface area contributed by atoms with E-state index in [1.807, 2.05) is 54.8 Å². The second-order valence-electron chi connectivity index (χ2n) is 5.35. The molecule has 1 heterocycles. The molecule has 122 valence electrons. The molecule has 0 saturated carbocycles. The largest absolute Gasteiger partial charge is 0.269 e. The molecule has 0 saturated heterocycles. The van der Waals surface area contributed by atoms with E-state index in [2.05, 4.69) is 11.1 Å². The van der Waals surface area contributed by atoms with E-state index in [-0.39, 0.29) is 5.91 Å². The van der Waals surface area contributed by atoms with E-state index in [0.29, 0.717) is 10.7 Å². The third kappa shape index (κ3) is 4.00. The van der Waals surface area contributed by atoms with Crippen molar-refractivity contribution in [2.45, 2.75) is 6.92 Å². The van der Waals surface area contributed by atoms with Gasteiger partial charge < -0.3 is 0 Å². The predicted octanol–water partition coefficient (Wildman–Crippen LogP) is 4.70. The molecular formula is C20H15N3OS. The average molecular weight is 345 g/mol. The molecule has 0 aliphatic heterocycles. The number of para-hydroxylation sites is 1. The molecule has 0 fully saturated rings. The summed E-state index contributed by atoms with van der Waals surface area (Å²) in [6.45, 7) is 1.90. The first-order chi connectivity index (χ1) is 12.2. The van der Waals surface area contributed by atoms with Crippen LogP contribution in [-0.2, 0) is 4.79 Å². The molecule has 1 aromatic heterocycles. The van der Waals surface area contributed by atoms with E-state index in [1.165, 1.54) is 17.4 Å². The SMILES string of the molecule is Cc1csc(N(C(=O)C=Cc2ccc(C#N)cc2)c2ccccc2)n1. The number of rotatable bonds is 4. The van der Waals surface area contributed by atoms with Crippen LogP contribution in [0.25, 0.3) is 6.08 Å². The zero-order valence-electron chi connectivity index (χ0n) is 13.6. The van der Waals surface area contributed by atoms with Gasteiger partial charge in [-0.3, -0.25) is 9.69 Å². The van der Waals surface area contributed by atoms with Gasteiger partial charge in [0.25, 0.3) is 5.91 Å². The Bertz CT molecular complexity index is 937. The summed E-state index contributed by atoms with van der Waals surface area (Å²) >= 11 is 1.43. The lowest BCUT2D eigenvalue weighted by Crippen LogP contribution is -2.23. The fourth-order valence-electron chi connectivity index (χ4n) is 2.26. The number of carbonyl (C=O) groups is 1. The van der Waals surface area contributed by atoms with E-state index in [9.17, 15) is 4.79 Å². The Morgan fingerprint density at radius 1 is 1.16 bits per heavy atom. The Labute approximate surface area is 150 Å². The van der Waals surface area contributed by atoms with Crippen LogP contribution in [0, 0.1) is 18.3 Å². The van der Waals surface area contributed by atoms with Crippen molar-refractivity contribution >= 4 is 34.1 Å². The normalized spacial score (nSPS) is 10.6. The number of hydrogen-bond donors (Lipinski definition) is 0. The first-order valence-corrected chi connectivity index (χ1v) is 8.55. The number of hydrogen-bond acceptors (Lipinski definition) is 4. The standard InChI is InChI=1S/C20H15N3OS/c1-15-14-25-20(22-15)23(18-5-3-2-4-6-18)19(24)12-11-16-7-9-17(13-21)10-8-16/h2-12,14H,1H3. The minimum Gasteiger partial charge on any atom is -0.269 e. The van der Waals surface area contributed by atoms with Crippen molar-refractivity contribution in [2.24, 2.45) is 0 Å². The molecule has 0 aliphatic rings. The van der Waals surface area contributed by atoms with Crippen molar-refractivity contribution < 1.29 is 4.79 Å². The molecule has 4 nitrogen and oxygen atoms in total. The molecule has 0 aliphatic carbocycles. The fourth-order valence-corrected chi connectivity index (χ4v) is 3.09. The van der Waals surface area contributed by atoms with Crippen LogP contribution in [0.4, 0.5) is 10.8 Å². The summed E-state index contributed by atoms with van der Waals surface area (Å²) < 4.78 is 0. The van der Waals surface area contributed by atoms with Crippen LogP contribution < -0.4 is 4.90 Å². The van der Waals surface area contributed by atoms with Gasteiger partial charge in [-0.1, -0.05) is 30.3 Å². The second kappa shape index (κ2) is 7.56. The molecular weight excluding hydrogens is 330 g/mol. The van der Waals surface area contributed by atoms with Crippen LogP contribution in [0.2, 0.25) is 0 Å². The maximum Gasteiger partial charge on any atom is 0.257 e. The molecule has 25 heavy (non-hydrogen) atoms. The number of carbonyl (C=O) groups excluding carboxylic acids is 1. The average Bonchev–Trinajstić information content (AvgIpc) is 3.07. The van der Waals surface area contributed by atoms with Crippen LogP contribution in [0.5, 0.6) is 0 Å². The fraction of sp³-hybridized carbons (Fsp3) is 0.0500. The van der Waals surface area contributed by atoms with Gasteiger partial charge in [0, 0.05) is 11.5 Å². The van der Waals surface area contributed by atoms with Crippen LogP contribution in [0.1, 0.15) is 16.8 Å². The van der Waals surface area contributed by atoms with E-state index in [4.69, 9.17) is 5.26 Å². The van der Waals surface area contributed by atoms with Crippen molar-refractivity contribution in [1.82, 2.24) is 4.98 Å². The second-order valence-corrected chi connectivity index (χ2v) is 6.18. The Hall–Kier alpha value is -3.23. The third-order valence-electron chi connectivity index (χ3n) is 3.49. The minimum absolute atomic E-state index is 0.176. The minimum atomic E-state index is -0.176. The van der Waals surface area contributed by atoms with Gasteiger partial charge in [-0.2, -0.15) is 5.26 Å². The van der Waals surface area contributed by atoms with Crippen LogP contribution in [-0.4, -0.2) is 10.9 Å². The highest BCUT2D eigenvalue weighted by molar-refractivity contribution is 7.14. The Morgan fingerprint density at radius 2 is 1.88 bits per heavy atom. The third-order valence-corrected chi connectivity index (χ3v) is 4.43. The molecule has 0 N–H and O–H groups in total. The van der Waals surface area contributed by atoms with Gasteiger partial charge >= 0.3 is 0 Å². The lowest BCUT2D eigenvalue weighted by atomic mass is 10.1. The Kier molecular flexibility index (Phi) is 5.03. The highest BCUT2D eigenvalue weighted by atomic mass is 32.1. The molecule has 3 aromatic rings. The highest BCUT2D eigenvalue weighted by Crippen LogP contribution is 2.28. The molecule has 0 bridgehead atoms. The number of thiazole rings is 1. The first kappa shape index (κ1) is 16.6. The van der Waals surface area contributed by atoms with E-state index in [1.54, 1.807) is 23.1 Å². The predicted molar refractivity (Wildman–Crippen MR) is 101 cm³/mol. The van der Waals surface area contributed by atoms with E-state index >= 15 is 0 Å². The van der Waals surface area contributed by atoms with Gasteiger partial charge in [-0.25, -0.2) is 4.98 Å². The van der Waals surface area contributed by atoms with Gasteiger partial charge in [0.2, 0.25) is 0 Å². The van der Waals surface area contributed by atoms with Crippen LogP contribution in [0.3, 0.4) is 0 Å². The van der Waals surface area contributed by atoms with Gasteiger partial charge in [0.1, 0.15) is 0 Å². The van der Waals surface area contributed by atoms with E-state index in [0.717, 1.165) is 16.9 Å². The number of nitrogens with zero attached hydrogens (tertiary/aromatic N) is 3. The van der Waals surface area contributed by atoms with Crippen molar-refractivity contribution in [1.29, 1.82) is 5.26 Å². The van der Waals surface area contributed by atoms with Crippen molar-refractivity contribution in [3.63, 3.8) is 0 Å². The van der Waals surface area contributed by atoms with Crippen LogP contribution in [0.15, 0.2) is 66.1 Å². The summed E-state index contributed by atoms with van der Waals surface area (Å²) in [5.41, 5.74) is 3.10. The summed E-state index contributed by atoms with van der Waals surface area (Å²) in [6, 6.07) is 18.6. The van der Waals surface area contributed by atoms with Gasteiger partial charge in [-0.05, 0) is 42.8 Å². The van der Waals surface area contributed by atoms with Crippen molar-refractivity contribution in [3.05, 3.63) is 82.9 Å². The summed E-state index contributed by atoms with van der Waals surface area (Å²) in [4.78, 5) is 18.8. The quantitative estimate of drug-likeness (QED) is 0.644. The molecule has 3 rings (SSSR count). The topological polar surface area (TPSA) is 57.0 Å².